The van der Waals surface area contributed by atoms with Gasteiger partial charge in [0.15, 0.2) is 0 Å². The molecule has 0 spiro atoms. The van der Waals surface area contributed by atoms with Crippen LogP contribution < -0.4 is 10.6 Å². The number of nitrogens with two attached hydrogens (primary N) is 1. The summed E-state index contributed by atoms with van der Waals surface area (Å²) in [4.78, 5) is 2.72. The molecule has 0 saturated heterocycles. The minimum Gasteiger partial charge on any atom is -0.369 e. The Morgan fingerprint density at radius 3 is 2.12 bits per heavy atom. The average molecular weight is 261 g/mol. The number of aromatic nitrogens is 1. The number of halogens is 1. The van der Waals surface area contributed by atoms with Gasteiger partial charge in [-0.3, -0.25) is 10.8 Å². The van der Waals surface area contributed by atoms with Crippen LogP contribution in [-0.4, -0.2) is 36.1 Å². The largest absolute Gasteiger partial charge is 0.369 e. The van der Waals surface area contributed by atoms with E-state index in [1.807, 2.05) is 0 Å². The van der Waals surface area contributed by atoms with Crippen molar-refractivity contribution in [3.63, 3.8) is 0 Å². The van der Waals surface area contributed by atoms with Crippen LogP contribution in [0, 0.1) is 24.7 Å². The molecule has 0 bridgehead atoms. The van der Waals surface area contributed by atoms with Crippen LogP contribution in [-0.2, 0) is 0 Å². The van der Waals surface area contributed by atoms with Gasteiger partial charge >= 0.3 is 0 Å². The molecule has 0 aliphatic rings. The zero-order chi connectivity index (χ0) is 12.5. The fraction of sp³-hybridized carbons (Fsp3) is 0.444. The summed E-state index contributed by atoms with van der Waals surface area (Å²) in [6.45, 7) is 3.60. The molecule has 0 aliphatic carbocycles. The van der Waals surface area contributed by atoms with E-state index in [1.54, 1.807) is 27.9 Å². The van der Waals surface area contributed by atoms with E-state index in [1.165, 1.54) is 9.80 Å². The predicted octanol–water partition coefficient (Wildman–Crippen LogP) is 0.909. The lowest BCUT2D eigenvalue weighted by Gasteiger charge is -2.24. The number of aryl methyl sites for hydroxylation is 1. The van der Waals surface area contributed by atoms with Gasteiger partial charge in [-0.25, -0.2) is 4.90 Å². The SMILES string of the molecule is Cc1noc(N(C(=N)N)C(=N)N(C)C)c1C.Cl. The smallest absolute Gasteiger partial charge is 0.244 e. The fourth-order valence-corrected chi connectivity index (χ4v) is 1.13. The Bertz CT molecular complexity index is 427. The van der Waals surface area contributed by atoms with Crippen molar-refractivity contribution < 1.29 is 4.52 Å². The van der Waals surface area contributed by atoms with E-state index in [0.717, 1.165) is 5.56 Å². The first-order valence-corrected chi connectivity index (χ1v) is 4.69. The molecule has 0 aliphatic heterocycles. The second kappa shape index (κ2) is 5.53. The Hall–Kier alpha value is -1.76. The van der Waals surface area contributed by atoms with E-state index < -0.39 is 0 Å². The van der Waals surface area contributed by atoms with Crippen LogP contribution in [0.4, 0.5) is 5.88 Å². The minimum atomic E-state index is -0.280. The van der Waals surface area contributed by atoms with E-state index in [0.29, 0.717) is 11.6 Å². The van der Waals surface area contributed by atoms with Gasteiger partial charge in [-0.15, -0.1) is 12.4 Å². The number of nitrogens with zero attached hydrogens (tertiary/aromatic N) is 3. The topological polar surface area (TPSA) is 106 Å². The highest BCUT2D eigenvalue weighted by Crippen LogP contribution is 2.22. The van der Waals surface area contributed by atoms with E-state index in [9.17, 15) is 0 Å². The molecule has 0 amide bonds. The summed E-state index contributed by atoms with van der Waals surface area (Å²) >= 11 is 0. The minimum absolute atomic E-state index is 0. The van der Waals surface area contributed by atoms with Crippen molar-refractivity contribution in [1.29, 1.82) is 10.8 Å². The molecule has 0 radical (unpaired) electrons. The molecule has 0 fully saturated rings. The van der Waals surface area contributed by atoms with Crippen LogP contribution in [0.1, 0.15) is 11.3 Å². The van der Waals surface area contributed by atoms with E-state index >= 15 is 0 Å². The first-order chi connectivity index (χ1) is 7.36. The third kappa shape index (κ3) is 2.88. The summed E-state index contributed by atoms with van der Waals surface area (Å²) in [6.07, 6.45) is 0. The first kappa shape index (κ1) is 15.2. The molecule has 17 heavy (non-hydrogen) atoms. The third-order valence-electron chi connectivity index (χ3n) is 2.21. The molecular formula is C9H17ClN6O. The van der Waals surface area contributed by atoms with Crippen molar-refractivity contribution in [2.24, 2.45) is 5.73 Å². The van der Waals surface area contributed by atoms with E-state index in [-0.39, 0.29) is 24.3 Å². The Morgan fingerprint density at radius 1 is 1.29 bits per heavy atom. The van der Waals surface area contributed by atoms with Crippen LogP contribution in [0.25, 0.3) is 0 Å². The van der Waals surface area contributed by atoms with Gasteiger partial charge in [0.25, 0.3) is 0 Å². The van der Waals surface area contributed by atoms with Crippen molar-refractivity contribution in [3.8, 4) is 0 Å². The molecule has 8 heteroatoms. The van der Waals surface area contributed by atoms with Gasteiger partial charge in [-0.1, -0.05) is 5.16 Å². The second-order valence-electron chi connectivity index (χ2n) is 3.64. The van der Waals surface area contributed by atoms with Crippen LogP contribution >= 0.6 is 12.4 Å². The Balaban J connectivity index is 0.00000256. The first-order valence-electron chi connectivity index (χ1n) is 4.69. The number of anilines is 1. The molecule has 0 aromatic carbocycles. The van der Waals surface area contributed by atoms with Gasteiger partial charge in [-0.05, 0) is 13.8 Å². The number of hydrogen-bond donors (Lipinski definition) is 3. The van der Waals surface area contributed by atoms with Crippen LogP contribution in [0.2, 0.25) is 0 Å². The maximum atomic E-state index is 7.82. The molecule has 1 heterocycles. The number of rotatable bonds is 1. The highest BCUT2D eigenvalue weighted by molar-refractivity contribution is 6.14. The van der Waals surface area contributed by atoms with Crippen molar-refractivity contribution in [2.75, 3.05) is 19.0 Å². The summed E-state index contributed by atoms with van der Waals surface area (Å²) in [7, 11) is 3.38. The summed E-state index contributed by atoms with van der Waals surface area (Å²) in [5.74, 6) is 0.0772. The zero-order valence-corrected chi connectivity index (χ0v) is 11.1. The zero-order valence-electron chi connectivity index (χ0n) is 10.2. The highest BCUT2D eigenvalue weighted by Gasteiger charge is 2.24. The van der Waals surface area contributed by atoms with Crippen LogP contribution in [0.15, 0.2) is 4.52 Å². The van der Waals surface area contributed by atoms with Gasteiger partial charge in [0.05, 0.1) is 5.69 Å². The average Bonchev–Trinajstić information content (AvgIpc) is 2.49. The molecule has 0 unspecified atom stereocenters. The number of hydrogen-bond acceptors (Lipinski definition) is 4. The van der Waals surface area contributed by atoms with Crippen LogP contribution in [0.5, 0.6) is 0 Å². The summed E-state index contributed by atoms with van der Waals surface area (Å²) in [6, 6.07) is 0. The monoisotopic (exact) mass is 260 g/mol. The fourth-order valence-electron chi connectivity index (χ4n) is 1.13. The normalized spacial score (nSPS) is 9.41. The predicted molar refractivity (Wildman–Crippen MR) is 69.0 cm³/mol. The van der Waals surface area contributed by atoms with Gasteiger partial charge in [0, 0.05) is 19.7 Å². The summed E-state index contributed by atoms with van der Waals surface area (Å²) < 4.78 is 5.08. The second-order valence-corrected chi connectivity index (χ2v) is 3.64. The maximum Gasteiger partial charge on any atom is 0.244 e. The molecule has 7 nitrogen and oxygen atoms in total. The van der Waals surface area contributed by atoms with Crippen molar-refractivity contribution in [2.45, 2.75) is 13.8 Å². The lowest BCUT2D eigenvalue weighted by molar-refractivity contribution is 0.422. The number of nitrogens with one attached hydrogen (secondary N) is 2. The van der Waals surface area contributed by atoms with E-state index in [2.05, 4.69) is 5.16 Å². The van der Waals surface area contributed by atoms with Gasteiger partial charge in [-0.2, -0.15) is 0 Å². The van der Waals surface area contributed by atoms with E-state index in [4.69, 9.17) is 21.1 Å². The highest BCUT2D eigenvalue weighted by atomic mass is 35.5. The molecular weight excluding hydrogens is 244 g/mol. The molecule has 0 saturated carbocycles. The molecule has 96 valence electrons. The van der Waals surface area contributed by atoms with Gasteiger partial charge < -0.3 is 15.2 Å². The van der Waals surface area contributed by atoms with Crippen molar-refractivity contribution in [3.05, 3.63) is 11.3 Å². The maximum absolute atomic E-state index is 7.82. The third-order valence-corrected chi connectivity index (χ3v) is 2.21. The molecule has 1 aromatic rings. The Kier molecular flexibility index (Phi) is 4.96. The lowest BCUT2D eigenvalue weighted by Crippen LogP contribution is -2.47. The summed E-state index contributed by atoms with van der Waals surface area (Å²) in [5.41, 5.74) is 6.92. The molecule has 0 atom stereocenters. The number of guanidine groups is 2. The quantitative estimate of drug-likeness (QED) is 0.514. The van der Waals surface area contributed by atoms with Crippen molar-refractivity contribution in [1.82, 2.24) is 10.1 Å². The Morgan fingerprint density at radius 2 is 1.82 bits per heavy atom. The standard InChI is InChI=1S/C9H16N6O.ClH/c1-5-6(2)13-16-7(5)15(8(10)11)9(12)14(3)4;/h12H,1-4H3,(H3,10,11);1H. The Labute approximate surface area is 106 Å². The van der Waals surface area contributed by atoms with Gasteiger partial charge in [0.1, 0.15) is 0 Å². The molecule has 4 N–H and O–H groups in total. The van der Waals surface area contributed by atoms with Crippen LogP contribution in [0.3, 0.4) is 0 Å². The molecule has 1 aromatic heterocycles. The van der Waals surface area contributed by atoms with Gasteiger partial charge in [0.2, 0.25) is 17.8 Å². The summed E-state index contributed by atoms with van der Waals surface area (Å²) in [5, 5.41) is 19.1. The molecule has 1 rings (SSSR count). The lowest BCUT2D eigenvalue weighted by atomic mass is 10.3. The van der Waals surface area contributed by atoms with Crippen molar-refractivity contribution >= 4 is 30.2 Å².